The van der Waals surface area contributed by atoms with Crippen LogP contribution in [0.5, 0.6) is 0 Å². The molecule has 0 spiro atoms. The van der Waals surface area contributed by atoms with Crippen LogP contribution in [-0.4, -0.2) is 11.7 Å². The Kier molecular flexibility index (Phi) is 36.0. The smallest absolute Gasteiger partial charge is 0.162 e. The van der Waals surface area contributed by atoms with Gasteiger partial charge in [-0.25, -0.2) is 0 Å². The monoisotopic (exact) mass is 595 g/mol. The van der Waals surface area contributed by atoms with Crippen molar-refractivity contribution in [1.29, 1.82) is 0 Å². The Morgan fingerprint density at radius 2 is 0.634 bits per heavy atom. The van der Waals surface area contributed by atoms with Crippen LogP contribution in [0.15, 0.2) is 0 Å². The number of unbranched alkanes of at least 4 members (excludes halogenated alkanes) is 30. The number of thiocarbonyl (C=S) groups is 1. The minimum atomic E-state index is 0.442. The van der Waals surface area contributed by atoms with Crippen molar-refractivity contribution < 1.29 is 4.74 Å². The largest absolute Gasteiger partial charge is 0.487 e. The van der Waals surface area contributed by atoms with E-state index in [-0.39, 0.29) is 0 Å². The maximum atomic E-state index is 5.93. The predicted octanol–water partition coefficient (Wildman–Crippen LogP) is 14.9. The molecule has 0 amide bonds. The van der Waals surface area contributed by atoms with Crippen molar-refractivity contribution >= 4 is 17.3 Å². The minimum absolute atomic E-state index is 0.442. The van der Waals surface area contributed by atoms with Crippen molar-refractivity contribution in [2.45, 2.75) is 233 Å². The van der Waals surface area contributed by atoms with Gasteiger partial charge in [-0.2, -0.15) is 0 Å². The van der Waals surface area contributed by atoms with Gasteiger partial charge in [-0.1, -0.05) is 220 Å². The molecule has 0 aliphatic rings. The normalized spacial score (nSPS) is 12.2. The molecule has 0 rings (SSSR count). The standard InChI is InChI=1S/C39H78OS/c1-4-6-8-10-12-14-16-18-20-22-24-26-28-30-32-34-36-38(3)39(41)40-37-35-33-31-29-27-25-23-21-19-17-15-13-11-9-7-5-2/h38H,4-37H2,1-3H3. The van der Waals surface area contributed by atoms with E-state index in [1.54, 1.807) is 0 Å². The first kappa shape index (κ1) is 40.9. The summed E-state index contributed by atoms with van der Waals surface area (Å²) >= 11 is 5.57. The van der Waals surface area contributed by atoms with Crippen molar-refractivity contribution in [2.75, 3.05) is 6.61 Å². The molecule has 0 bridgehead atoms. The zero-order valence-corrected chi connectivity index (χ0v) is 29.8. The number of hydrogen-bond acceptors (Lipinski definition) is 2. The first-order chi connectivity index (χ1) is 20.2. The zero-order chi connectivity index (χ0) is 29.9. The van der Waals surface area contributed by atoms with Gasteiger partial charge in [-0.05, 0) is 25.1 Å². The van der Waals surface area contributed by atoms with Crippen LogP contribution >= 0.6 is 12.2 Å². The molecule has 1 atom stereocenters. The summed E-state index contributed by atoms with van der Waals surface area (Å²) in [5, 5.41) is 0.868. The van der Waals surface area contributed by atoms with E-state index in [1.807, 2.05) is 0 Å². The first-order valence-electron chi connectivity index (χ1n) is 19.4. The zero-order valence-electron chi connectivity index (χ0n) is 28.9. The highest BCUT2D eigenvalue weighted by atomic mass is 32.1. The third-order valence-corrected chi connectivity index (χ3v) is 9.66. The highest BCUT2D eigenvalue weighted by Gasteiger charge is 2.09. The molecule has 0 aliphatic heterocycles. The van der Waals surface area contributed by atoms with E-state index in [2.05, 4.69) is 20.8 Å². The molecule has 0 saturated heterocycles. The Balaban J connectivity index is 3.26. The molecule has 0 radical (unpaired) electrons. The lowest BCUT2D eigenvalue weighted by atomic mass is 10.0. The van der Waals surface area contributed by atoms with Gasteiger partial charge in [0.2, 0.25) is 0 Å². The summed E-state index contributed by atoms with van der Waals surface area (Å²) in [6, 6.07) is 0. The molecule has 1 nitrogen and oxygen atoms in total. The Bertz CT molecular complexity index is 490. The average molecular weight is 595 g/mol. The van der Waals surface area contributed by atoms with E-state index in [4.69, 9.17) is 17.0 Å². The van der Waals surface area contributed by atoms with Crippen LogP contribution in [0.25, 0.3) is 0 Å². The van der Waals surface area contributed by atoms with E-state index in [0.29, 0.717) is 5.92 Å². The number of rotatable bonds is 35. The molecule has 246 valence electrons. The average Bonchev–Trinajstić information content (AvgIpc) is 2.98. The van der Waals surface area contributed by atoms with Crippen LogP contribution in [0.1, 0.15) is 233 Å². The van der Waals surface area contributed by atoms with E-state index in [1.165, 1.54) is 212 Å². The van der Waals surface area contributed by atoms with Crippen molar-refractivity contribution in [1.82, 2.24) is 0 Å². The molecule has 0 aliphatic carbocycles. The van der Waals surface area contributed by atoms with Gasteiger partial charge in [-0.15, -0.1) is 0 Å². The second-order valence-electron chi connectivity index (χ2n) is 13.5. The van der Waals surface area contributed by atoms with Gasteiger partial charge < -0.3 is 4.74 Å². The molecule has 0 heterocycles. The maximum Gasteiger partial charge on any atom is 0.162 e. The quantitative estimate of drug-likeness (QED) is 0.0533. The fourth-order valence-corrected chi connectivity index (χ4v) is 6.28. The lowest BCUT2D eigenvalue weighted by molar-refractivity contribution is 0.278. The Hall–Kier alpha value is -0.110. The molecule has 0 fully saturated rings. The number of ether oxygens (including phenoxy) is 1. The Labute approximate surface area is 266 Å². The molecule has 0 aromatic rings. The molecule has 1 unspecified atom stereocenters. The maximum absolute atomic E-state index is 5.93. The molecule has 0 aromatic carbocycles. The first-order valence-corrected chi connectivity index (χ1v) is 19.8. The SMILES string of the molecule is CCCCCCCCCCCCCCCCCCOC(=S)C(C)CCCCCCCCCCCCCCCCCC. The van der Waals surface area contributed by atoms with Crippen LogP contribution in [0.2, 0.25) is 0 Å². The third kappa shape index (κ3) is 34.3. The van der Waals surface area contributed by atoms with Crippen molar-refractivity contribution in [3.63, 3.8) is 0 Å². The van der Waals surface area contributed by atoms with E-state index in [0.717, 1.165) is 11.7 Å². The number of hydrogen-bond donors (Lipinski definition) is 0. The van der Waals surface area contributed by atoms with Gasteiger partial charge in [-0.3, -0.25) is 0 Å². The Morgan fingerprint density at radius 1 is 0.390 bits per heavy atom. The van der Waals surface area contributed by atoms with Gasteiger partial charge in [0.05, 0.1) is 6.61 Å². The van der Waals surface area contributed by atoms with Gasteiger partial charge in [0.15, 0.2) is 5.05 Å². The Morgan fingerprint density at radius 3 is 0.927 bits per heavy atom. The fourth-order valence-electron chi connectivity index (χ4n) is 6.08. The lowest BCUT2D eigenvalue weighted by Crippen LogP contribution is -2.13. The van der Waals surface area contributed by atoms with Crippen LogP contribution < -0.4 is 0 Å². The highest BCUT2D eigenvalue weighted by Crippen LogP contribution is 2.17. The minimum Gasteiger partial charge on any atom is -0.487 e. The molecular weight excluding hydrogens is 516 g/mol. The van der Waals surface area contributed by atoms with Crippen LogP contribution in [0, 0.1) is 5.92 Å². The summed E-state index contributed by atoms with van der Waals surface area (Å²) in [4.78, 5) is 0. The third-order valence-electron chi connectivity index (χ3n) is 9.14. The van der Waals surface area contributed by atoms with Crippen LogP contribution in [0.3, 0.4) is 0 Å². The topological polar surface area (TPSA) is 9.23 Å². The molecule has 0 aromatic heterocycles. The van der Waals surface area contributed by atoms with Gasteiger partial charge >= 0.3 is 0 Å². The predicted molar refractivity (Wildman–Crippen MR) is 191 cm³/mol. The van der Waals surface area contributed by atoms with Gasteiger partial charge in [0.1, 0.15) is 0 Å². The molecule has 2 heteroatoms. The van der Waals surface area contributed by atoms with Crippen molar-refractivity contribution in [3.8, 4) is 0 Å². The summed E-state index contributed by atoms with van der Waals surface area (Å²) in [6.45, 7) is 7.70. The summed E-state index contributed by atoms with van der Waals surface area (Å²) < 4.78 is 5.93. The van der Waals surface area contributed by atoms with Gasteiger partial charge in [0, 0.05) is 5.92 Å². The van der Waals surface area contributed by atoms with E-state index >= 15 is 0 Å². The molecular formula is C39H78OS. The van der Waals surface area contributed by atoms with E-state index in [9.17, 15) is 0 Å². The second kappa shape index (κ2) is 36.1. The van der Waals surface area contributed by atoms with Crippen LogP contribution in [0.4, 0.5) is 0 Å². The van der Waals surface area contributed by atoms with Gasteiger partial charge in [0.25, 0.3) is 0 Å². The summed E-state index contributed by atoms with van der Waals surface area (Å²) in [5.74, 6) is 0.442. The van der Waals surface area contributed by atoms with Crippen LogP contribution in [-0.2, 0) is 4.74 Å². The lowest BCUT2D eigenvalue weighted by Gasteiger charge is -2.14. The molecule has 0 saturated carbocycles. The highest BCUT2D eigenvalue weighted by molar-refractivity contribution is 7.80. The second-order valence-corrected chi connectivity index (χ2v) is 13.9. The van der Waals surface area contributed by atoms with E-state index < -0.39 is 0 Å². The molecule has 0 N–H and O–H groups in total. The van der Waals surface area contributed by atoms with Crippen molar-refractivity contribution in [3.05, 3.63) is 0 Å². The summed E-state index contributed by atoms with van der Waals surface area (Å²) in [7, 11) is 0. The fraction of sp³-hybridized carbons (Fsp3) is 0.974. The molecule has 41 heavy (non-hydrogen) atoms. The van der Waals surface area contributed by atoms with Crippen molar-refractivity contribution in [2.24, 2.45) is 5.92 Å². The summed E-state index contributed by atoms with van der Waals surface area (Å²) in [5.41, 5.74) is 0. The summed E-state index contributed by atoms with van der Waals surface area (Å²) in [6.07, 6.45) is 46.6.